The number of benzene rings is 2. The quantitative estimate of drug-likeness (QED) is 0.636. The normalized spacial score (nSPS) is 10.5. The summed E-state index contributed by atoms with van der Waals surface area (Å²) in [5, 5.41) is 6.96. The Kier molecular flexibility index (Phi) is 5.54. The molecule has 2 N–H and O–H groups in total. The zero-order valence-electron chi connectivity index (χ0n) is 12.7. The second kappa shape index (κ2) is 7.83. The number of anilines is 1. The van der Waals surface area contributed by atoms with Crippen LogP contribution in [0.2, 0.25) is 0 Å². The molecule has 0 aliphatic heterocycles. The van der Waals surface area contributed by atoms with Crippen LogP contribution in [0, 0.1) is 6.92 Å². The maximum Gasteiger partial charge on any atom is 0.259 e. The number of carbonyl (C=O) groups excluding carboxylic acids is 1. The zero-order valence-corrected chi connectivity index (χ0v) is 12.7. The average Bonchev–Trinajstić information content (AvgIpc) is 2.54. The van der Waals surface area contributed by atoms with Crippen molar-refractivity contribution in [2.75, 3.05) is 19.0 Å². The van der Waals surface area contributed by atoms with Crippen LogP contribution in [0.4, 0.5) is 5.69 Å². The fourth-order valence-corrected chi connectivity index (χ4v) is 1.79. The van der Waals surface area contributed by atoms with Crippen molar-refractivity contribution in [3.05, 3.63) is 59.7 Å². The molecule has 0 aromatic heterocycles. The average molecular weight is 297 g/mol. The van der Waals surface area contributed by atoms with Gasteiger partial charge in [0.15, 0.2) is 0 Å². The van der Waals surface area contributed by atoms with Gasteiger partial charge in [-0.25, -0.2) is 5.43 Å². The lowest BCUT2D eigenvalue weighted by molar-refractivity contribution is -0.119. The Bertz CT molecular complexity index is 651. The van der Waals surface area contributed by atoms with Gasteiger partial charge in [0.25, 0.3) is 5.91 Å². The summed E-state index contributed by atoms with van der Waals surface area (Å²) in [6, 6.07) is 15.3. The van der Waals surface area contributed by atoms with E-state index in [0.29, 0.717) is 0 Å². The van der Waals surface area contributed by atoms with Crippen molar-refractivity contribution in [3.63, 3.8) is 0 Å². The Labute approximate surface area is 130 Å². The molecule has 2 aromatic rings. The highest BCUT2D eigenvalue weighted by Gasteiger charge is 1.99. The molecule has 2 rings (SSSR count). The van der Waals surface area contributed by atoms with E-state index in [1.165, 1.54) is 5.56 Å². The van der Waals surface area contributed by atoms with Gasteiger partial charge in [0, 0.05) is 5.69 Å². The van der Waals surface area contributed by atoms with Crippen molar-refractivity contribution in [2.45, 2.75) is 6.92 Å². The molecule has 5 heteroatoms. The lowest BCUT2D eigenvalue weighted by Gasteiger charge is -2.05. The van der Waals surface area contributed by atoms with Gasteiger partial charge in [0.1, 0.15) is 5.75 Å². The van der Waals surface area contributed by atoms with Crippen molar-refractivity contribution < 1.29 is 9.53 Å². The zero-order chi connectivity index (χ0) is 15.8. The van der Waals surface area contributed by atoms with Gasteiger partial charge in [0.05, 0.1) is 19.9 Å². The van der Waals surface area contributed by atoms with Gasteiger partial charge in [-0.15, -0.1) is 0 Å². The molecule has 2 aromatic carbocycles. The second-order valence-electron chi connectivity index (χ2n) is 4.79. The molecular formula is C17H19N3O2. The summed E-state index contributed by atoms with van der Waals surface area (Å²) in [6.45, 7) is 2.18. The lowest BCUT2D eigenvalue weighted by Crippen LogP contribution is -2.25. The van der Waals surface area contributed by atoms with Crippen LogP contribution in [0.5, 0.6) is 5.75 Å². The van der Waals surface area contributed by atoms with Crippen LogP contribution in [0.3, 0.4) is 0 Å². The van der Waals surface area contributed by atoms with Gasteiger partial charge in [-0.3, -0.25) is 4.79 Å². The van der Waals surface area contributed by atoms with E-state index >= 15 is 0 Å². The predicted molar refractivity (Wildman–Crippen MR) is 88.4 cm³/mol. The number of methoxy groups -OCH3 is 1. The third-order valence-electron chi connectivity index (χ3n) is 3.00. The number of hydrazone groups is 1. The number of amides is 1. The molecule has 0 aliphatic rings. The van der Waals surface area contributed by atoms with Gasteiger partial charge >= 0.3 is 0 Å². The van der Waals surface area contributed by atoms with E-state index in [1.807, 2.05) is 55.5 Å². The van der Waals surface area contributed by atoms with Crippen molar-refractivity contribution in [2.24, 2.45) is 5.10 Å². The first-order valence-electron chi connectivity index (χ1n) is 6.94. The highest BCUT2D eigenvalue weighted by atomic mass is 16.5. The molecule has 0 aliphatic carbocycles. The highest BCUT2D eigenvalue weighted by molar-refractivity contribution is 5.84. The molecule has 0 saturated heterocycles. The number of nitrogens with one attached hydrogen (secondary N) is 2. The van der Waals surface area contributed by atoms with E-state index in [2.05, 4.69) is 15.8 Å². The van der Waals surface area contributed by atoms with E-state index in [0.717, 1.165) is 17.0 Å². The third-order valence-corrected chi connectivity index (χ3v) is 3.00. The molecule has 0 heterocycles. The minimum absolute atomic E-state index is 0.165. The number of ether oxygens (including phenoxy) is 1. The SMILES string of the molecule is COc1cccc(/C=N/NC(=O)CNc2ccc(C)cc2)c1. The fourth-order valence-electron chi connectivity index (χ4n) is 1.79. The summed E-state index contributed by atoms with van der Waals surface area (Å²) in [7, 11) is 1.61. The molecule has 0 atom stereocenters. The minimum Gasteiger partial charge on any atom is -0.497 e. The molecule has 5 nitrogen and oxygen atoms in total. The molecular weight excluding hydrogens is 278 g/mol. The van der Waals surface area contributed by atoms with Gasteiger partial charge in [-0.05, 0) is 36.8 Å². The Balaban J connectivity index is 1.79. The first-order chi connectivity index (χ1) is 10.7. The largest absolute Gasteiger partial charge is 0.497 e. The van der Waals surface area contributed by atoms with Crippen molar-refractivity contribution in [1.82, 2.24) is 5.43 Å². The van der Waals surface area contributed by atoms with Crippen LogP contribution < -0.4 is 15.5 Å². The second-order valence-corrected chi connectivity index (χ2v) is 4.79. The Hall–Kier alpha value is -2.82. The number of nitrogens with zero attached hydrogens (tertiary/aromatic N) is 1. The Morgan fingerprint density at radius 1 is 1.23 bits per heavy atom. The first kappa shape index (κ1) is 15.6. The van der Waals surface area contributed by atoms with Crippen LogP contribution in [0.25, 0.3) is 0 Å². The summed E-state index contributed by atoms with van der Waals surface area (Å²) in [5.41, 5.74) is 5.41. The van der Waals surface area contributed by atoms with E-state index in [1.54, 1.807) is 13.3 Å². The molecule has 0 radical (unpaired) electrons. The number of hydrogen-bond donors (Lipinski definition) is 2. The smallest absolute Gasteiger partial charge is 0.259 e. The molecule has 0 unspecified atom stereocenters. The topological polar surface area (TPSA) is 62.7 Å². The number of aryl methyl sites for hydroxylation is 1. The maximum absolute atomic E-state index is 11.7. The monoisotopic (exact) mass is 297 g/mol. The summed E-state index contributed by atoms with van der Waals surface area (Å²) in [4.78, 5) is 11.7. The van der Waals surface area contributed by atoms with Crippen LogP contribution in [0.1, 0.15) is 11.1 Å². The molecule has 22 heavy (non-hydrogen) atoms. The highest BCUT2D eigenvalue weighted by Crippen LogP contribution is 2.10. The first-order valence-corrected chi connectivity index (χ1v) is 6.94. The standard InChI is InChI=1S/C17H19N3O2/c1-13-6-8-15(9-7-13)18-12-17(21)20-19-11-14-4-3-5-16(10-14)22-2/h3-11,18H,12H2,1-2H3,(H,20,21)/b19-11+. The molecule has 0 saturated carbocycles. The van der Waals surface area contributed by atoms with Crippen molar-refractivity contribution in [3.8, 4) is 5.75 Å². The molecule has 1 amide bonds. The summed E-state index contributed by atoms with van der Waals surface area (Å²) < 4.78 is 5.12. The summed E-state index contributed by atoms with van der Waals surface area (Å²) >= 11 is 0. The van der Waals surface area contributed by atoms with Crippen LogP contribution in [-0.2, 0) is 4.79 Å². The van der Waals surface area contributed by atoms with Gasteiger partial charge in [-0.1, -0.05) is 29.8 Å². The number of carbonyl (C=O) groups is 1. The van der Waals surface area contributed by atoms with Crippen molar-refractivity contribution in [1.29, 1.82) is 0 Å². The van der Waals surface area contributed by atoms with E-state index < -0.39 is 0 Å². The molecule has 114 valence electrons. The predicted octanol–water partition coefficient (Wildman–Crippen LogP) is 2.57. The Morgan fingerprint density at radius 3 is 2.73 bits per heavy atom. The maximum atomic E-state index is 11.7. The molecule has 0 bridgehead atoms. The van der Waals surface area contributed by atoms with E-state index in [9.17, 15) is 4.79 Å². The van der Waals surface area contributed by atoms with E-state index in [-0.39, 0.29) is 12.5 Å². The number of rotatable bonds is 6. The number of hydrogen-bond acceptors (Lipinski definition) is 4. The fraction of sp³-hybridized carbons (Fsp3) is 0.176. The summed E-state index contributed by atoms with van der Waals surface area (Å²) in [5.74, 6) is 0.538. The lowest BCUT2D eigenvalue weighted by atomic mass is 10.2. The van der Waals surface area contributed by atoms with Crippen LogP contribution >= 0.6 is 0 Å². The summed E-state index contributed by atoms with van der Waals surface area (Å²) in [6.07, 6.45) is 1.58. The van der Waals surface area contributed by atoms with Crippen LogP contribution in [0.15, 0.2) is 53.6 Å². The van der Waals surface area contributed by atoms with Crippen LogP contribution in [-0.4, -0.2) is 25.8 Å². The third kappa shape index (κ3) is 4.94. The molecule has 0 fully saturated rings. The Morgan fingerprint density at radius 2 is 2.00 bits per heavy atom. The minimum atomic E-state index is -0.209. The van der Waals surface area contributed by atoms with Crippen molar-refractivity contribution >= 4 is 17.8 Å². The molecule has 0 spiro atoms. The van der Waals surface area contributed by atoms with Gasteiger partial charge < -0.3 is 10.1 Å². The van der Waals surface area contributed by atoms with E-state index in [4.69, 9.17) is 4.74 Å². The van der Waals surface area contributed by atoms with Gasteiger partial charge in [-0.2, -0.15) is 5.10 Å². The van der Waals surface area contributed by atoms with Gasteiger partial charge in [0.2, 0.25) is 0 Å².